The van der Waals surface area contributed by atoms with Gasteiger partial charge in [0.05, 0.1) is 0 Å². The third-order valence-electron chi connectivity index (χ3n) is 2.13. The molecule has 3 nitrogen and oxygen atoms in total. The van der Waals surface area contributed by atoms with E-state index in [0.29, 0.717) is 0 Å². The summed E-state index contributed by atoms with van der Waals surface area (Å²) in [7, 11) is 1.92. The molecular weight excluding hydrogens is 214 g/mol. The van der Waals surface area contributed by atoms with Crippen LogP contribution >= 0.6 is 24.4 Å². The van der Waals surface area contributed by atoms with Crippen LogP contribution in [0.15, 0.2) is 11.5 Å². The largest absolute Gasteiger partial charge is 0.244 e. The number of thiol groups is 1. The van der Waals surface area contributed by atoms with E-state index < -0.39 is 0 Å². The molecule has 1 aromatic rings. The number of hydrogen-bond acceptors (Lipinski definition) is 4. The molecular formula is C9H17N3S2. The van der Waals surface area contributed by atoms with E-state index in [4.69, 9.17) is 0 Å². The molecule has 0 radical (unpaired) electrons. The number of aryl methyl sites for hydroxylation is 1. The Labute approximate surface area is 95.1 Å². The van der Waals surface area contributed by atoms with Crippen LogP contribution in [0.25, 0.3) is 0 Å². The maximum atomic E-state index is 4.22. The SMILES string of the molecule is CC(CCS)CCSc1ncnn1C. The number of nitrogens with zero attached hydrogens (tertiary/aromatic N) is 3. The number of rotatable bonds is 6. The van der Waals surface area contributed by atoms with Crippen LogP contribution in [0.4, 0.5) is 0 Å². The van der Waals surface area contributed by atoms with Crippen molar-refractivity contribution in [1.82, 2.24) is 14.8 Å². The fourth-order valence-electron chi connectivity index (χ4n) is 1.13. The summed E-state index contributed by atoms with van der Waals surface area (Å²) in [6, 6.07) is 0. The molecule has 0 saturated carbocycles. The van der Waals surface area contributed by atoms with Crippen molar-refractivity contribution in [3.8, 4) is 0 Å². The molecule has 14 heavy (non-hydrogen) atoms. The van der Waals surface area contributed by atoms with Crippen LogP contribution < -0.4 is 0 Å². The summed E-state index contributed by atoms with van der Waals surface area (Å²) in [5.41, 5.74) is 0. The highest BCUT2D eigenvalue weighted by atomic mass is 32.2. The lowest BCUT2D eigenvalue weighted by molar-refractivity contribution is 0.553. The number of hydrogen-bond donors (Lipinski definition) is 1. The zero-order valence-corrected chi connectivity index (χ0v) is 10.4. The summed E-state index contributed by atoms with van der Waals surface area (Å²) < 4.78 is 1.81. The molecule has 1 rings (SSSR count). The van der Waals surface area contributed by atoms with Crippen molar-refractivity contribution in [2.45, 2.75) is 24.9 Å². The average Bonchev–Trinajstić information content (AvgIpc) is 2.52. The summed E-state index contributed by atoms with van der Waals surface area (Å²) in [6.45, 7) is 2.27. The van der Waals surface area contributed by atoms with Gasteiger partial charge in [-0.3, -0.25) is 0 Å². The van der Waals surface area contributed by atoms with Gasteiger partial charge < -0.3 is 0 Å². The molecule has 5 heteroatoms. The molecule has 1 atom stereocenters. The van der Waals surface area contributed by atoms with Gasteiger partial charge in [0, 0.05) is 12.8 Å². The van der Waals surface area contributed by atoms with Crippen LogP contribution in [0.5, 0.6) is 0 Å². The lowest BCUT2D eigenvalue weighted by atomic mass is 10.1. The van der Waals surface area contributed by atoms with Crippen molar-refractivity contribution in [3.05, 3.63) is 6.33 Å². The molecule has 0 spiro atoms. The first-order chi connectivity index (χ1) is 6.74. The highest BCUT2D eigenvalue weighted by Gasteiger charge is 2.04. The van der Waals surface area contributed by atoms with E-state index >= 15 is 0 Å². The quantitative estimate of drug-likeness (QED) is 0.602. The Balaban J connectivity index is 2.19. The lowest BCUT2D eigenvalue weighted by Gasteiger charge is -2.08. The fourth-order valence-corrected chi connectivity index (χ4v) is 2.63. The summed E-state index contributed by atoms with van der Waals surface area (Å²) >= 11 is 6.00. The van der Waals surface area contributed by atoms with Crippen molar-refractivity contribution in [1.29, 1.82) is 0 Å². The zero-order chi connectivity index (χ0) is 10.4. The monoisotopic (exact) mass is 231 g/mol. The molecule has 1 heterocycles. The van der Waals surface area contributed by atoms with E-state index in [2.05, 4.69) is 29.6 Å². The van der Waals surface area contributed by atoms with Crippen LogP contribution in [0.2, 0.25) is 0 Å². The maximum absolute atomic E-state index is 4.22. The van der Waals surface area contributed by atoms with Gasteiger partial charge in [-0.1, -0.05) is 18.7 Å². The van der Waals surface area contributed by atoms with Crippen LogP contribution in [0.3, 0.4) is 0 Å². The molecule has 0 aliphatic carbocycles. The van der Waals surface area contributed by atoms with Crippen molar-refractivity contribution in [2.24, 2.45) is 13.0 Å². The maximum Gasteiger partial charge on any atom is 0.185 e. The van der Waals surface area contributed by atoms with E-state index in [1.807, 2.05) is 11.7 Å². The van der Waals surface area contributed by atoms with Gasteiger partial charge in [-0.05, 0) is 24.5 Å². The highest BCUT2D eigenvalue weighted by molar-refractivity contribution is 7.99. The molecule has 0 bridgehead atoms. The first-order valence-corrected chi connectivity index (χ1v) is 6.43. The Morgan fingerprint density at radius 1 is 1.57 bits per heavy atom. The molecule has 0 saturated heterocycles. The lowest BCUT2D eigenvalue weighted by Crippen LogP contribution is -1.99. The topological polar surface area (TPSA) is 30.7 Å². The molecule has 0 amide bonds. The van der Waals surface area contributed by atoms with Crippen molar-refractivity contribution in [2.75, 3.05) is 11.5 Å². The Kier molecular flexibility index (Phi) is 5.40. The highest BCUT2D eigenvalue weighted by Crippen LogP contribution is 2.18. The van der Waals surface area contributed by atoms with Gasteiger partial charge in [0.15, 0.2) is 5.16 Å². The Bertz CT molecular complexity index is 262. The average molecular weight is 231 g/mol. The van der Waals surface area contributed by atoms with Gasteiger partial charge in [-0.2, -0.15) is 17.7 Å². The second kappa shape index (κ2) is 6.35. The molecule has 80 valence electrons. The standard InChI is InChI=1S/C9H17N3S2/c1-8(3-5-13)4-6-14-9-10-7-11-12(9)2/h7-8,13H,3-6H2,1-2H3. The Morgan fingerprint density at radius 3 is 2.93 bits per heavy atom. The molecule has 0 N–H and O–H groups in total. The normalized spacial score (nSPS) is 13.1. The predicted molar refractivity (Wildman–Crippen MR) is 64.0 cm³/mol. The van der Waals surface area contributed by atoms with Gasteiger partial charge in [-0.25, -0.2) is 9.67 Å². The molecule has 0 aliphatic heterocycles. The predicted octanol–water partition coefficient (Wildman–Crippen LogP) is 2.25. The minimum atomic E-state index is 0.758. The van der Waals surface area contributed by atoms with Crippen LogP contribution in [0.1, 0.15) is 19.8 Å². The van der Waals surface area contributed by atoms with E-state index in [1.54, 1.807) is 18.1 Å². The minimum absolute atomic E-state index is 0.758. The second-order valence-electron chi connectivity index (χ2n) is 3.42. The van der Waals surface area contributed by atoms with Crippen molar-refractivity contribution < 1.29 is 0 Å². The van der Waals surface area contributed by atoms with E-state index in [-0.39, 0.29) is 0 Å². The third-order valence-corrected chi connectivity index (χ3v) is 3.46. The van der Waals surface area contributed by atoms with E-state index in [0.717, 1.165) is 22.6 Å². The summed E-state index contributed by atoms with van der Waals surface area (Å²) in [6.07, 6.45) is 4.01. The van der Waals surface area contributed by atoms with Crippen LogP contribution in [-0.4, -0.2) is 26.3 Å². The van der Waals surface area contributed by atoms with E-state index in [9.17, 15) is 0 Å². The molecule has 0 fully saturated rings. The fraction of sp³-hybridized carbons (Fsp3) is 0.778. The molecule has 0 aromatic carbocycles. The summed E-state index contributed by atoms with van der Waals surface area (Å²) in [5, 5.41) is 5.03. The Morgan fingerprint density at radius 2 is 2.36 bits per heavy atom. The number of thioether (sulfide) groups is 1. The van der Waals surface area contributed by atoms with Crippen LogP contribution in [-0.2, 0) is 7.05 Å². The molecule has 1 aromatic heterocycles. The molecule has 1 unspecified atom stereocenters. The minimum Gasteiger partial charge on any atom is -0.244 e. The third kappa shape index (κ3) is 3.92. The van der Waals surface area contributed by atoms with Crippen molar-refractivity contribution >= 4 is 24.4 Å². The van der Waals surface area contributed by atoms with Gasteiger partial charge in [0.2, 0.25) is 0 Å². The van der Waals surface area contributed by atoms with Gasteiger partial charge in [0.1, 0.15) is 6.33 Å². The summed E-state index contributed by atoms with van der Waals surface area (Å²) in [4.78, 5) is 4.16. The Hall–Kier alpha value is -0.160. The second-order valence-corrected chi connectivity index (χ2v) is 4.93. The van der Waals surface area contributed by atoms with Crippen molar-refractivity contribution in [3.63, 3.8) is 0 Å². The van der Waals surface area contributed by atoms with Gasteiger partial charge in [-0.15, -0.1) is 0 Å². The van der Waals surface area contributed by atoms with Crippen LogP contribution in [0, 0.1) is 5.92 Å². The van der Waals surface area contributed by atoms with Gasteiger partial charge in [0.25, 0.3) is 0 Å². The number of aromatic nitrogens is 3. The zero-order valence-electron chi connectivity index (χ0n) is 8.68. The first kappa shape index (κ1) is 11.9. The smallest absolute Gasteiger partial charge is 0.185 e. The van der Waals surface area contributed by atoms with E-state index in [1.165, 1.54) is 12.8 Å². The van der Waals surface area contributed by atoms with Gasteiger partial charge >= 0.3 is 0 Å². The first-order valence-electron chi connectivity index (χ1n) is 4.81. The summed E-state index contributed by atoms with van der Waals surface area (Å²) in [5.74, 6) is 2.85. The molecule has 0 aliphatic rings.